The van der Waals surface area contributed by atoms with Crippen molar-refractivity contribution in [2.75, 3.05) is 20.2 Å². The zero-order valence-corrected chi connectivity index (χ0v) is 20.0. The lowest BCUT2D eigenvalue weighted by Crippen LogP contribution is -2.51. The second-order valence-corrected chi connectivity index (χ2v) is 8.54. The van der Waals surface area contributed by atoms with E-state index in [0.717, 1.165) is 12.0 Å². The molecule has 1 aromatic carbocycles. The fourth-order valence-electron chi connectivity index (χ4n) is 2.99. The zero-order chi connectivity index (χ0) is 24.5. The van der Waals surface area contributed by atoms with E-state index < -0.39 is 35.5 Å². The van der Waals surface area contributed by atoms with E-state index >= 15 is 0 Å². The smallest absolute Gasteiger partial charge is 0.408 e. The van der Waals surface area contributed by atoms with Crippen molar-refractivity contribution in [2.45, 2.75) is 65.6 Å². The van der Waals surface area contributed by atoms with Crippen LogP contribution in [0.15, 0.2) is 24.3 Å². The molecule has 1 unspecified atom stereocenters. The first kappa shape index (κ1) is 26.9. The molecule has 0 saturated carbocycles. The molecule has 0 spiro atoms. The molecule has 0 aliphatic carbocycles. The van der Waals surface area contributed by atoms with Gasteiger partial charge in [0.05, 0.1) is 7.11 Å². The van der Waals surface area contributed by atoms with Crippen LogP contribution in [0.3, 0.4) is 0 Å². The lowest BCUT2D eigenvalue weighted by Gasteiger charge is -2.34. The van der Waals surface area contributed by atoms with E-state index in [1.54, 1.807) is 46.8 Å². The van der Waals surface area contributed by atoms with E-state index in [2.05, 4.69) is 15.4 Å². The maximum absolute atomic E-state index is 13.1. The molecule has 0 aliphatic heterocycles. The Morgan fingerprint density at radius 3 is 2.06 bits per heavy atom. The summed E-state index contributed by atoms with van der Waals surface area (Å²) in [4.78, 5) is 51.0. The molecule has 0 aliphatic rings. The molecule has 3 amide bonds. The zero-order valence-electron chi connectivity index (χ0n) is 20.0. The van der Waals surface area contributed by atoms with Gasteiger partial charge < -0.3 is 25.0 Å². The normalized spacial score (nSPS) is 12.0. The highest BCUT2D eigenvalue weighted by atomic mass is 16.6. The van der Waals surface area contributed by atoms with Gasteiger partial charge in [-0.2, -0.15) is 0 Å². The van der Waals surface area contributed by atoms with Crippen molar-refractivity contribution in [2.24, 2.45) is 0 Å². The highest BCUT2D eigenvalue weighted by Crippen LogP contribution is 2.24. The summed E-state index contributed by atoms with van der Waals surface area (Å²) in [6.07, 6.45) is 0.0973. The molecule has 178 valence electrons. The number of ether oxygens (including phenoxy) is 2. The average molecular weight is 450 g/mol. The quantitative estimate of drug-likeness (QED) is 0.560. The van der Waals surface area contributed by atoms with Gasteiger partial charge in [-0.05, 0) is 52.2 Å². The number of benzene rings is 1. The van der Waals surface area contributed by atoms with Crippen LogP contribution in [0.2, 0.25) is 0 Å². The maximum atomic E-state index is 13.1. The van der Waals surface area contributed by atoms with Crippen LogP contribution < -0.4 is 10.6 Å². The van der Waals surface area contributed by atoms with Crippen molar-refractivity contribution in [1.29, 1.82) is 0 Å². The number of carbonyl (C=O) groups is 4. The van der Waals surface area contributed by atoms with Crippen LogP contribution in [-0.4, -0.2) is 60.6 Å². The molecular formula is C23H35N3O6. The molecule has 9 heteroatoms. The van der Waals surface area contributed by atoms with Crippen molar-refractivity contribution in [3.05, 3.63) is 35.4 Å². The van der Waals surface area contributed by atoms with Crippen LogP contribution >= 0.6 is 0 Å². The van der Waals surface area contributed by atoms with Gasteiger partial charge in [-0.1, -0.05) is 31.2 Å². The summed E-state index contributed by atoms with van der Waals surface area (Å²) in [5.74, 6) is -1.60. The molecule has 0 aromatic heterocycles. The monoisotopic (exact) mass is 449 g/mol. The first-order valence-electron chi connectivity index (χ1n) is 10.6. The minimum absolute atomic E-state index is 0.324. The van der Waals surface area contributed by atoms with Crippen molar-refractivity contribution in [3.8, 4) is 0 Å². The van der Waals surface area contributed by atoms with Crippen molar-refractivity contribution in [3.63, 3.8) is 0 Å². The van der Waals surface area contributed by atoms with E-state index in [0.29, 0.717) is 5.56 Å². The van der Waals surface area contributed by atoms with Gasteiger partial charge in [0, 0.05) is 6.04 Å². The summed E-state index contributed by atoms with van der Waals surface area (Å²) in [5.41, 5.74) is 0.961. The van der Waals surface area contributed by atoms with E-state index in [9.17, 15) is 19.2 Å². The first-order valence-corrected chi connectivity index (χ1v) is 10.6. The fraction of sp³-hybridized carbons (Fsp3) is 0.565. The molecule has 0 fully saturated rings. The molecule has 32 heavy (non-hydrogen) atoms. The van der Waals surface area contributed by atoms with E-state index in [1.807, 2.05) is 19.1 Å². The SMILES string of the molecule is CCc1ccc(C(C(=O)NCC(=O)OC)N(C(=O)CNC(=O)OC(C)(C)C)C(C)C)cc1. The molecule has 2 N–H and O–H groups in total. The molecule has 0 saturated heterocycles. The van der Waals surface area contributed by atoms with E-state index in [1.165, 1.54) is 12.0 Å². The van der Waals surface area contributed by atoms with Gasteiger partial charge in [-0.25, -0.2) is 4.79 Å². The van der Waals surface area contributed by atoms with Crippen LogP contribution in [0, 0.1) is 0 Å². The minimum atomic E-state index is -1.00. The van der Waals surface area contributed by atoms with Gasteiger partial charge in [-0.15, -0.1) is 0 Å². The third-order valence-electron chi connectivity index (χ3n) is 4.49. The van der Waals surface area contributed by atoms with Gasteiger partial charge in [0.1, 0.15) is 24.7 Å². The molecule has 9 nitrogen and oxygen atoms in total. The number of alkyl carbamates (subject to hydrolysis) is 1. The van der Waals surface area contributed by atoms with Crippen LogP contribution in [0.25, 0.3) is 0 Å². The Morgan fingerprint density at radius 1 is 1.00 bits per heavy atom. The third-order valence-corrected chi connectivity index (χ3v) is 4.49. The number of carbonyl (C=O) groups excluding carboxylic acids is 4. The number of hydrogen-bond acceptors (Lipinski definition) is 6. The summed E-state index contributed by atoms with van der Waals surface area (Å²) in [6, 6.07) is 5.97. The molecular weight excluding hydrogens is 414 g/mol. The second-order valence-electron chi connectivity index (χ2n) is 8.54. The van der Waals surface area contributed by atoms with Crippen molar-refractivity contribution in [1.82, 2.24) is 15.5 Å². The van der Waals surface area contributed by atoms with Gasteiger partial charge in [0.25, 0.3) is 0 Å². The third kappa shape index (κ3) is 8.56. The number of aryl methyl sites for hydroxylation is 1. The predicted molar refractivity (Wildman–Crippen MR) is 120 cm³/mol. The van der Waals surface area contributed by atoms with Gasteiger partial charge in [0.2, 0.25) is 11.8 Å². The number of esters is 1. The predicted octanol–water partition coefficient (Wildman–Crippen LogP) is 2.34. The average Bonchev–Trinajstić information content (AvgIpc) is 2.72. The molecule has 1 atom stereocenters. The van der Waals surface area contributed by atoms with E-state index in [-0.39, 0.29) is 19.1 Å². The molecule has 0 heterocycles. The molecule has 0 radical (unpaired) electrons. The van der Waals surface area contributed by atoms with Gasteiger partial charge in [-0.3, -0.25) is 14.4 Å². The molecule has 1 aromatic rings. The Labute approximate surface area is 189 Å². The summed E-state index contributed by atoms with van der Waals surface area (Å²) >= 11 is 0. The standard InChI is InChI=1S/C23H35N3O6/c1-8-16-9-11-17(12-10-16)20(21(29)24-14-19(28)31-7)26(15(2)3)18(27)13-25-22(30)32-23(4,5)6/h9-12,15,20H,8,13-14H2,1-7H3,(H,24,29)(H,25,30). The van der Waals surface area contributed by atoms with Gasteiger partial charge >= 0.3 is 12.1 Å². The number of nitrogens with zero attached hydrogens (tertiary/aromatic N) is 1. The highest BCUT2D eigenvalue weighted by Gasteiger charge is 2.33. The minimum Gasteiger partial charge on any atom is -0.468 e. The highest BCUT2D eigenvalue weighted by molar-refractivity contribution is 5.92. The van der Waals surface area contributed by atoms with Crippen LogP contribution in [0.5, 0.6) is 0 Å². The lowest BCUT2D eigenvalue weighted by molar-refractivity contribution is -0.144. The van der Waals surface area contributed by atoms with E-state index in [4.69, 9.17) is 4.74 Å². The first-order chi connectivity index (χ1) is 14.9. The number of methoxy groups -OCH3 is 1. The number of nitrogens with one attached hydrogen (secondary N) is 2. The summed E-state index contributed by atoms with van der Waals surface area (Å²) < 4.78 is 9.75. The Hall–Kier alpha value is -3.10. The number of hydrogen-bond donors (Lipinski definition) is 2. The topological polar surface area (TPSA) is 114 Å². The van der Waals surface area contributed by atoms with Crippen LogP contribution in [-0.2, 0) is 30.3 Å². The molecule has 0 bridgehead atoms. The fourth-order valence-corrected chi connectivity index (χ4v) is 2.99. The van der Waals surface area contributed by atoms with Gasteiger partial charge in [0.15, 0.2) is 0 Å². The van der Waals surface area contributed by atoms with Crippen molar-refractivity contribution < 1.29 is 28.7 Å². The Balaban J connectivity index is 3.16. The summed E-state index contributed by atoms with van der Waals surface area (Å²) in [7, 11) is 1.22. The molecule has 1 rings (SSSR count). The Morgan fingerprint density at radius 2 is 1.59 bits per heavy atom. The number of rotatable bonds is 9. The Kier molecular flexibility index (Phi) is 10.2. The second kappa shape index (κ2) is 12.1. The maximum Gasteiger partial charge on any atom is 0.408 e. The Bertz CT molecular complexity index is 799. The summed E-state index contributed by atoms with van der Waals surface area (Å²) in [6.45, 7) is 10.0. The summed E-state index contributed by atoms with van der Waals surface area (Å²) in [5, 5.41) is 4.97. The number of amides is 3. The van der Waals surface area contributed by atoms with Crippen LogP contribution in [0.1, 0.15) is 58.7 Å². The lowest BCUT2D eigenvalue weighted by atomic mass is 10.00. The van der Waals surface area contributed by atoms with Crippen molar-refractivity contribution >= 4 is 23.9 Å². The van der Waals surface area contributed by atoms with Crippen LogP contribution in [0.4, 0.5) is 4.79 Å². The largest absolute Gasteiger partial charge is 0.468 e.